The Balaban J connectivity index is 1.48. The fourth-order valence-electron chi connectivity index (χ4n) is 2.86. The van der Waals surface area contributed by atoms with Crippen LogP contribution >= 0.6 is 35.4 Å². The lowest BCUT2D eigenvalue weighted by Gasteiger charge is -2.10. The van der Waals surface area contributed by atoms with Gasteiger partial charge < -0.3 is 14.5 Å². The Bertz CT molecular complexity index is 1310. The number of amides is 1. The summed E-state index contributed by atoms with van der Waals surface area (Å²) in [5, 5.41) is 6.39. The summed E-state index contributed by atoms with van der Waals surface area (Å²) in [5.74, 6) is 0.753. The summed E-state index contributed by atoms with van der Waals surface area (Å²) in [7, 11) is 1.60. The highest BCUT2D eigenvalue weighted by atomic mass is 35.5. The van der Waals surface area contributed by atoms with Crippen molar-refractivity contribution in [1.82, 2.24) is 10.3 Å². The Hall–Kier alpha value is -3.13. The van der Waals surface area contributed by atoms with E-state index in [1.54, 1.807) is 31.4 Å². The van der Waals surface area contributed by atoms with Crippen molar-refractivity contribution in [3.63, 3.8) is 0 Å². The number of halogens is 2. The van der Waals surface area contributed by atoms with Crippen molar-refractivity contribution in [3.8, 4) is 17.2 Å². The summed E-state index contributed by atoms with van der Waals surface area (Å²) in [6.07, 6.45) is 0. The number of methoxy groups -OCH3 is 1. The van der Waals surface area contributed by atoms with Gasteiger partial charge in [-0.2, -0.15) is 0 Å². The highest BCUT2D eigenvalue weighted by Gasteiger charge is 2.12. The van der Waals surface area contributed by atoms with Crippen LogP contribution < -0.4 is 15.4 Å². The van der Waals surface area contributed by atoms with Gasteiger partial charge in [0, 0.05) is 22.9 Å². The summed E-state index contributed by atoms with van der Waals surface area (Å²) < 4.78 is 11.1. The monoisotopic (exact) mass is 471 g/mol. The van der Waals surface area contributed by atoms with Crippen LogP contribution in [0, 0.1) is 0 Å². The van der Waals surface area contributed by atoms with Crippen molar-refractivity contribution in [2.24, 2.45) is 0 Å². The van der Waals surface area contributed by atoms with Crippen LogP contribution in [0.4, 0.5) is 5.69 Å². The third-order valence-electron chi connectivity index (χ3n) is 4.37. The van der Waals surface area contributed by atoms with E-state index in [-0.39, 0.29) is 10.1 Å². The van der Waals surface area contributed by atoms with E-state index in [1.807, 2.05) is 30.3 Å². The summed E-state index contributed by atoms with van der Waals surface area (Å²) in [6.45, 7) is 0. The number of anilines is 1. The molecule has 156 valence electrons. The van der Waals surface area contributed by atoms with Crippen molar-refractivity contribution in [1.29, 1.82) is 0 Å². The van der Waals surface area contributed by atoms with Crippen LogP contribution in [0.2, 0.25) is 10.0 Å². The smallest absolute Gasteiger partial charge is 0.257 e. The Labute approximate surface area is 193 Å². The number of benzene rings is 3. The minimum absolute atomic E-state index is 0.135. The third-order valence-corrected chi connectivity index (χ3v) is 5.31. The van der Waals surface area contributed by atoms with Crippen LogP contribution in [0.3, 0.4) is 0 Å². The number of hydrogen-bond donors (Lipinski definition) is 2. The van der Waals surface area contributed by atoms with E-state index in [4.69, 9.17) is 44.6 Å². The molecule has 4 aromatic rings. The molecule has 0 aliphatic carbocycles. The van der Waals surface area contributed by atoms with E-state index in [2.05, 4.69) is 15.6 Å². The van der Waals surface area contributed by atoms with E-state index >= 15 is 0 Å². The first-order valence-electron chi connectivity index (χ1n) is 9.05. The fraction of sp³-hybridized carbons (Fsp3) is 0.0455. The number of carbonyl (C=O) groups is 1. The zero-order valence-electron chi connectivity index (χ0n) is 16.1. The van der Waals surface area contributed by atoms with Crippen molar-refractivity contribution in [2.45, 2.75) is 0 Å². The molecule has 0 unspecified atom stereocenters. The molecule has 9 heteroatoms. The highest BCUT2D eigenvalue weighted by Crippen LogP contribution is 2.28. The van der Waals surface area contributed by atoms with Gasteiger partial charge in [-0.15, -0.1) is 0 Å². The lowest BCUT2D eigenvalue weighted by molar-refractivity contribution is 0.0977. The van der Waals surface area contributed by atoms with Gasteiger partial charge in [0.2, 0.25) is 5.89 Å². The summed E-state index contributed by atoms with van der Waals surface area (Å²) in [6, 6.07) is 17.3. The largest absolute Gasteiger partial charge is 0.497 e. The van der Waals surface area contributed by atoms with E-state index in [1.165, 1.54) is 6.07 Å². The van der Waals surface area contributed by atoms with Gasteiger partial charge in [0.15, 0.2) is 10.7 Å². The molecule has 0 fully saturated rings. The van der Waals surface area contributed by atoms with Gasteiger partial charge in [-0.1, -0.05) is 29.3 Å². The minimum atomic E-state index is -0.403. The van der Waals surface area contributed by atoms with Gasteiger partial charge >= 0.3 is 0 Å². The van der Waals surface area contributed by atoms with Gasteiger partial charge in [-0.25, -0.2) is 4.98 Å². The van der Waals surface area contributed by atoms with Crippen molar-refractivity contribution < 1.29 is 13.9 Å². The van der Waals surface area contributed by atoms with Gasteiger partial charge in [-0.3, -0.25) is 10.1 Å². The quantitative estimate of drug-likeness (QED) is 0.358. The molecule has 0 aliphatic rings. The summed E-state index contributed by atoms with van der Waals surface area (Å²) in [4.78, 5) is 16.9. The number of fused-ring (bicyclic) bond motifs is 1. The molecule has 0 radical (unpaired) electrons. The normalized spacial score (nSPS) is 10.7. The number of rotatable bonds is 4. The number of aromatic nitrogens is 1. The van der Waals surface area contributed by atoms with Gasteiger partial charge in [0.05, 0.1) is 17.2 Å². The summed E-state index contributed by atoms with van der Waals surface area (Å²) >= 11 is 17.1. The van der Waals surface area contributed by atoms with E-state index < -0.39 is 5.91 Å². The molecule has 2 N–H and O–H groups in total. The maximum Gasteiger partial charge on any atom is 0.257 e. The predicted octanol–water partition coefficient (Wildman–Crippen LogP) is 5.94. The number of thiocarbonyl (C=S) groups is 1. The second-order valence-electron chi connectivity index (χ2n) is 6.47. The first kappa shape index (κ1) is 21.1. The molecule has 0 bridgehead atoms. The van der Waals surface area contributed by atoms with Crippen LogP contribution in [-0.2, 0) is 0 Å². The number of nitrogens with zero attached hydrogens (tertiary/aromatic N) is 1. The predicted molar refractivity (Wildman–Crippen MR) is 126 cm³/mol. The van der Waals surface area contributed by atoms with Gasteiger partial charge in [0.25, 0.3) is 5.91 Å². The van der Waals surface area contributed by atoms with Gasteiger partial charge in [-0.05, 0) is 60.7 Å². The molecule has 0 saturated heterocycles. The molecule has 4 rings (SSSR count). The fourth-order valence-corrected chi connectivity index (χ4v) is 3.37. The first-order valence-corrected chi connectivity index (χ1v) is 10.2. The number of hydrogen-bond acceptors (Lipinski definition) is 5. The maximum absolute atomic E-state index is 12.4. The Morgan fingerprint density at radius 2 is 1.90 bits per heavy atom. The lowest BCUT2D eigenvalue weighted by Crippen LogP contribution is -2.34. The Morgan fingerprint density at radius 1 is 1.06 bits per heavy atom. The molecule has 0 spiro atoms. The molecule has 1 heterocycles. The zero-order chi connectivity index (χ0) is 22.0. The Morgan fingerprint density at radius 3 is 2.68 bits per heavy atom. The number of ether oxygens (including phenoxy) is 1. The summed E-state index contributed by atoms with van der Waals surface area (Å²) in [5.41, 5.74) is 3.10. The molecule has 3 aromatic carbocycles. The topological polar surface area (TPSA) is 76.4 Å². The molecule has 1 amide bonds. The van der Waals surface area contributed by atoms with Crippen LogP contribution in [0.15, 0.2) is 65.1 Å². The number of carbonyl (C=O) groups excluding carboxylic acids is 1. The Kier molecular flexibility index (Phi) is 6.08. The highest BCUT2D eigenvalue weighted by molar-refractivity contribution is 7.80. The standard InChI is InChI=1S/C22H15Cl2N3O3S/c1-29-15-6-8-19-18(11-15)26-21(30-19)13-3-2-4-14(9-13)25-22(31)27-20(28)12-5-7-16(23)17(24)10-12/h2-11H,1H3,(H2,25,27,28,31). The van der Waals surface area contributed by atoms with Gasteiger partial charge in [0.1, 0.15) is 11.3 Å². The SMILES string of the molecule is COc1ccc2oc(-c3cccc(NC(=S)NC(=O)c4ccc(Cl)c(Cl)c4)c3)nc2c1. The lowest BCUT2D eigenvalue weighted by atomic mass is 10.2. The maximum atomic E-state index is 12.4. The number of oxazole rings is 1. The molecule has 1 aromatic heterocycles. The second kappa shape index (κ2) is 8.93. The van der Waals surface area contributed by atoms with E-state index in [0.29, 0.717) is 39.0 Å². The van der Waals surface area contributed by atoms with E-state index in [9.17, 15) is 4.79 Å². The number of nitrogens with one attached hydrogen (secondary N) is 2. The van der Waals surface area contributed by atoms with E-state index in [0.717, 1.165) is 5.56 Å². The molecule has 6 nitrogen and oxygen atoms in total. The molecular weight excluding hydrogens is 457 g/mol. The minimum Gasteiger partial charge on any atom is -0.497 e. The van der Waals surface area contributed by atoms with Crippen LogP contribution in [0.25, 0.3) is 22.6 Å². The van der Waals surface area contributed by atoms with Crippen LogP contribution in [-0.4, -0.2) is 23.1 Å². The average molecular weight is 472 g/mol. The van der Waals surface area contributed by atoms with Crippen molar-refractivity contribution in [3.05, 3.63) is 76.3 Å². The third kappa shape index (κ3) is 4.80. The van der Waals surface area contributed by atoms with Crippen molar-refractivity contribution in [2.75, 3.05) is 12.4 Å². The molecular formula is C22H15Cl2N3O3S. The molecule has 31 heavy (non-hydrogen) atoms. The van der Waals surface area contributed by atoms with Crippen LogP contribution in [0.1, 0.15) is 10.4 Å². The van der Waals surface area contributed by atoms with Crippen LogP contribution in [0.5, 0.6) is 5.75 Å². The molecule has 0 aliphatic heterocycles. The average Bonchev–Trinajstić information content (AvgIpc) is 3.19. The molecule has 0 saturated carbocycles. The molecule has 0 atom stereocenters. The first-order chi connectivity index (χ1) is 14.9. The zero-order valence-corrected chi connectivity index (χ0v) is 18.4. The second-order valence-corrected chi connectivity index (χ2v) is 7.69. The van der Waals surface area contributed by atoms with Crippen molar-refractivity contribution >= 4 is 63.2 Å².